The lowest BCUT2D eigenvalue weighted by Gasteiger charge is -2.10. The number of halogens is 4. The monoisotopic (exact) mass is 444 g/mol. The maximum Gasteiger partial charge on any atom is 0.417 e. The van der Waals surface area contributed by atoms with Crippen molar-refractivity contribution >= 4 is 17.0 Å². The van der Waals surface area contributed by atoms with Gasteiger partial charge in [-0.05, 0) is 37.1 Å². The number of benzene rings is 1. The van der Waals surface area contributed by atoms with Crippen LogP contribution in [0.2, 0.25) is 0 Å². The first-order valence-electron chi connectivity index (χ1n) is 9.47. The number of nitrogens with one attached hydrogen (secondary N) is 1. The van der Waals surface area contributed by atoms with Gasteiger partial charge in [-0.15, -0.1) is 0 Å². The van der Waals surface area contributed by atoms with E-state index in [1.54, 1.807) is 30.5 Å². The van der Waals surface area contributed by atoms with Crippen LogP contribution >= 0.6 is 0 Å². The van der Waals surface area contributed by atoms with Gasteiger partial charge in [-0.2, -0.15) is 13.2 Å². The highest BCUT2D eigenvalue weighted by Gasteiger charge is 2.32. The molecule has 3 heterocycles. The SMILES string of the molecule is Cc1cnc2ncnc(NCCc3ccc(Oc4ncc(C(F)(F)F)cc4F)cc3)c2n1. The highest BCUT2D eigenvalue weighted by Crippen LogP contribution is 2.31. The summed E-state index contributed by atoms with van der Waals surface area (Å²) in [5.41, 5.74) is 1.61. The summed E-state index contributed by atoms with van der Waals surface area (Å²) in [6, 6.07) is 7.05. The first-order chi connectivity index (χ1) is 15.3. The molecule has 164 valence electrons. The molecule has 7 nitrogen and oxygen atoms in total. The minimum Gasteiger partial charge on any atom is -0.436 e. The minimum atomic E-state index is -4.68. The van der Waals surface area contributed by atoms with Crippen molar-refractivity contribution in [2.75, 3.05) is 11.9 Å². The van der Waals surface area contributed by atoms with E-state index in [1.165, 1.54) is 6.33 Å². The zero-order valence-corrected chi connectivity index (χ0v) is 16.7. The van der Waals surface area contributed by atoms with Gasteiger partial charge in [0.15, 0.2) is 22.8 Å². The Balaban J connectivity index is 1.37. The van der Waals surface area contributed by atoms with E-state index >= 15 is 0 Å². The molecule has 0 radical (unpaired) electrons. The summed E-state index contributed by atoms with van der Waals surface area (Å²) in [4.78, 5) is 20.4. The average Bonchev–Trinajstić information content (AvgIpc) is 2.76. The molecule has 4 aromatic rings. The van der Waals surface area contributed by atoms with Crippen LogP contribution in [0.1, 0.15) is 16.8 Å². The Morgan fingerprint density at radius 3 is 2.50 bits per heavy atom. The number of alkyl halides is 3. The van der Waals surface area contributed by atoms with Gasteiger partial charge in [-0.25, -0.2) is 29.3 Å². The van der Waals surface area contributed by atoms with E-state index in [9.17, 15) is 17.6 Å². The summed E-state index contributed by atoms with van der Waals surface area (Å²) in [5, 5.41) is 3.21. The summed E-state index contributed by atoms with van der Waals surface area (Å²) in [7, 11) is 0. The fraction of sp³-hybridized carbons (Fsp3) is 0.190. The molecular formula is C21H16F4N6O. The Morgan fingerprint density at radius 2 is 1.78 bits per heavy atom. The molecule has 32 heavy (non-hydrogen) atoms. The molecule has 0 amide bonds. The van der Waals surface area contributed by atoms with E-state index in [-0.39, 0.29) is 5.75 Å². The van der Waals surface area contributed by atoms with E-state index in [0.29, 0.717) is 42.2 Å². The molecule has 1 N–H and O–H groups in total. The Labute approximate surface area is 179 Å². The summed E-state index contributed by atoms with van der Waals surface area (Å²) in [5.74, 6) is -0.890. The second-order valence-corrected chi connectivity index (χ2v) is 6.84. The Kier molecular flexibility index (Phi) is 5.80. The van der Waals surface area contributed by atoms with Gasteiger partial charge in [0.05, 0.1) is 17.5 Å². The number of fused-ring (bicyclic) bond motifs is 1. The first kappa shape index (κ1) is 21.3. The molecule has 0 saturated heterocycles. The molecule has 1 aromatic carbocycles. The number of aryl methyl sites for hydroxylation is 1. The number of hydrogen-bond acceptors (Lipinski definition) is 7. The number of nitrogens with zero attached hydrogens (tertiary/aromatic N) is 5. The van der Waals surface area contributed by atoms with Crippen molar-refractivity contribution in [1.29, 1.82) is 0 Å². The number of rotatable bonds is 6. The van der Waals surface area contributed by atoms with Gasteiger partial charge < -0.3 is 10.1 Å². The first-order valence-corrected chi connectivity index (χ1v) is 9.47. The molecule has 0 bridgehead atoms. The zero-order valence-electron chi connectivity index (χ0n) is 16.7. The van der Waals surface area contributed by atoms with Gasteiger partial charge in [0.25, 0.3) is 5.88 Å². The summed E-state index contributed by atoms with van der Waals surface area (Å²) in [6.07, 6.45) is -0.464. The van der Waals surface area contributed by atoms with Crippen LogP contribution in [0.15, 0.2) is 49.1 Å². The normalized spacial score (nSPS) is 11.5. The Morgan fingerprint density at radius 1 is 1.00 bits per heavy atom. The second kappa shape index (κ2) is 8.69. The number of aromatic nitrogens is 5. The summed E-state index contributed by atoms with van der Waals surface area (Å²) >= 11 is 0. The molecule has 0 atom stereocenters. The number of ether oxygens (including phenoxy) is 1. The van der Waals surface area contributed by atoms with Crippen molar-refractivity contribution in [3.05, 3.63) is 71.7 Å². The summed E-state index contributed by atoms with van der Waals surface area (Å²) < 4.78 is 57.0. The molecule has 4 rings (SSSR count). The van der Waals surface area contributed by atoms with Gasteiger partial charge >= 0.3 is 6.18 Å². The second-order valence-electron chi connectivity index (χ2n) is 6.84. The van der Waals surface area contributed by atoms with Gasteiger partial charge in [-0.3, -0.25) is 0 Å². The average molecular weight is 444 g/mol. The zero-order chi connectivity index (χ0) is 22.7. The highest BCUT2D eigenvalue weighted by atomic mass is 19.4. The third-order valence-corrected chi connectivity index (χ3v) is 4.44. The van der Waals surface area contributed by atoms with Crippen LogP contribution in [0.4, 0.5) is 23.4 Å². The molecule has 0 fully saturated rings. The highest BCUT2D eigenvalue weighted by molar-refractivity contribution is 5.81. The number of pyridine rings is 1. The molecular weight excluding hydrogens is 428 g/mol. The topological polar surface area (TPSA) is 85.7 Å². The van der Waals surface area contributed by atoms with Crippen LogP contribution < -0.4 is 10.1 Å². The molecule has 0 aliphatic heterocycles. The molecule has 3 aromatic heterocycles. The lowest BCUT2D eigenvalue weighted by atomic mass is 10.1. The Hall–Kier alpha value is -3.89. The van der Waals surface area contributed by atoms with Gasteiger partial charge in [0.1, 0.15) is 12.1 Å². The maximum atomic E-state index is 13.9. The number of anilines is 1. The number of hydrogen-bond donors (Lipinski definition) is 1. The van der Waals surface area contributed by atoms with Crippen molar-refractivity contribution in [2.24, 2.45) is 0 Å². The molecule has 11 heteroatoms. The Bertz CT molecular complexity index is 1250. The molecule has 0 spiro atoms. The third-order valence-electron chi connectivity index (χ3n) is 4.44. The molecule has 0 saturated carbocycles. The lowest BCUT2D eigenvalue weighted by Crippen LogP contribution is -2.08. The quantitative estimate of drug-likeness (QED) is 0.431. The molecule has 0 aliphatic carbocycles. The van der Waals surface area contributed by atoms with Crippen LogP contribution in [0, 0.1) is 12.7 Å². The third kappa shape index (κ3) is 4.88. The lowest BCUT2D eigenvalue weighted by molar-refractivity contribution is -0.138. The molecule has 0 unspecified atom stereocenters. The van der Waals surface area contributed by atoms with Crippen LogP contribution in [0.3, 0.4) is 0 Å². The summed E-state index contributed by atoms with van der Waals surface area (Å²) in [6.45, 7) is 2.38. The van der Waals surface area contributed by atoms with E-state index in [1.807, 2.05) is 6.92 Å². The predicted octanol–water partition coefficient (Wildman–Crippen LogP) is 4.73. The standard InChI is InChI=1S/C21H16F4N6O/c1-12-9-27-19-17(31-12)18(29-11-30-19)26-7-6-13-2-4-15(5-3-13)32-20-16(22)8-14(10-28-20)21(23,24)25/h2-5,8-11H,6-7H2,1H3,(H,26,27,29,30). The maximum absolute atomic E-state index is 13.9. The fourth-order valence-electron chi connectivity index (χ4n) is 2.87. The van der Waals surface area contributed by atoms with E-state index in [2.05, 4.69) is 30.2 Å². The van der Waals surface area contributed by atoms with Crippen molar-refractivity contribution in [3.63, 3.8) is 0 Å². The largest absolute Gasteiger partial charge is 0.436 e. The van der Waals surface area contributed by atoms with Gasteiger partial charge in [0, 0.05) is 12.7 Å². The van der Waals surface area contributed by atoms with Crippen molar-refractivity contribution in [1.82, 2.24) is 24.9 Å². The van der Waals surface area contributed by atoms with E-state index in [4.69, 9.17) is 4.74 Å². The predicted molar refractivity (Wildman–Crippen MR) is 108 cm³/mol. The van der Waals surface area contributed by atoms with Gasteiger partial charge in [-0.1, -0.05) is 12.1 Å². The van der Waals surface area contributed by atoms with Crippen molar-refractivity contribution in [3.8, 4) is 11.6 Å². The minimum absolute atomic E-state index is 0.250. The van der Waals surface area contributed by atoms with Crippen molar-refractivity contribution < 1.29 is 22.3 Å². The van der Waals surface area contributed by atoms with Crippen LogP contribution in [-0.2, 0) is 12.6 Å². The molecule has 0 aliphatic rings. The smallest absolute Gasteiger partial charge is 0.417 e. The van der Waals surface area contributed by atoms with Crippen LogP contribution in [0.5, 0.6) is 11.6 Å². The van der Waals surface area contributed by atoms with E-state index < -0.39 is 23.4 Å². The van der Waals surface area contributed by atoms with Crippen LogP contribution in [0.25, 0.3) is 11.2 Å². The van der Waals surface area contributed by atoms with Gasteiger partial charge in [0.2, 0.25) is 0 Å². The van der Waals surface area contributed by atoms with E-state index in [0.717, 1.165) is 11.3 Å². The van der Waals surface area contributed by atoms with Crippen molar-refractivity contribution in [2.45, 2.75) is 19.5 Å². The van der Waals surface area contributed by atoms with Crippen LogP contribution in [-0.4, -0.2) is 31.5 Å². The fourth-order valence-corrected chi connectivity index (χ4v) is 2.87.